The van der Waals surface area contributed by atoms with Crippen molar-refractivity contribution in [3.05, 3.63) is 5.82 Å². The first-order valence-electron chi connectivity index (χ1n) is 3.19. The lowest BCUT2D eigenvalue weighted by molar-refractivity contribution is 0.599. The molecule has 1 unspecified atom stereocenters. The van der Waals surface area contributed by atoms with Gasteiger partial charge in [0.2, 0.25) is 0 Å². The van der Waals surface area contributed by atoms with Crippen LogP contribution in [-0.4, -0.2) is 20.2 Å². The maximum atomic E-state index is 4.21. The van der Waals surface area contributed by atoms with Gasteiger partial charge in [-0.1, -0.05) is 0 Å². The number of aryl methyl sites for hydroxylation is 1. The fraction of sp³-hybridized carbons (Fsp3) is 0.800. The van der Waals surface area contributed by atoms with Gasteiger partial charge in [0.1, 0.15) is 0 Å². The zero-order chi connectivity index (χ0) is 7.56. The molecular weight excluding hydrogens is 148 g/mol. The molecule has 0 radical (unpaired) electrons. The van der Waals surface area contributed by atoms with Gasteiger partial charge in [0.25, 0.3) is 0 Å². The van der Waals surface area contributed by atoms with Crippen LogP contribution in [0.25, 0.3) is 0 Å². The van der Waals surface area contributed by atoms with E-state index >= 15 is 0 Å². The first kappa shape index (κ1) is 7.53. The van der Waals surface area contributed by atoms with E-state index in [1.807, 2.05) is 13.8 Å². The van der Waals surface area contributed by atoms with Crippen molar-refractivity contribution in [1.82, 2.24) is 20.2 Å². The Morgan fingerprint density at radius 2 is 2.40 bits per heavy atom. The predicted octanol–water partition coefficient (Wildman–Crippen LogP) is 0.684. The molecule has 0 aliphatic heterocycles. The van der Waals surface area contributed by atoms with E-state index in [2.05, 4.69) is 28.2 Å². The Bertz CT molecular complexity index is 207. The molecule has 1 aromatic heterocycles. The molecule has 1 rings (SSSR count). The van der Waals surface area contributed by atoms with Crippen molar-refractivity contribution < 1.29 is 0 Å². The van der Waals surface area contributed by atoms with E-state index in [-0.39, 0.29) is 5.25 Å². The van der Waals surface area contributed by atoms with E-state index in [1.54, 1.807) is 4.68 Å². The van der Waals surface area contributed by atoms with E-state index < -0.39 is 0 Å². The summed E-state index contributed by atoms with van der Waals surface area (Å²) in [5, 5.41) is 11.2. The Morgan fingerprint density at radius 3 is 2.80 bits per heavy atom. The lowest BCUT2D eigenvalue weighted by atomic mass is 10.4. The standard InChI is InChI=1S/C5H10N4S/c1-3-9-5(4(2)10)6-7-8-9/h4,10H,3H2,1-2H3. The van der Waals surface area contributed by atoms with E-state index in [0.29, 0.717) is 0 Å². The third kappa shape index (κ3) is 1.29. The zero-order valence-corrected chi connectivity index (χ0v) is 6.91. The summed E-state index contributed by atoms with van der Waals surface area (Å²) in [4.78, 5) is 0. The largest absolute Gasteiger partial charge is 0.229 e. The fourth-order valence-electron chi connectivity index (χ4n) is 0.736. The third-order valence-electron chi connectivity index (χ3n) is 1.23. The van der Waals surface area contributed by atoms with Crippen molar-refractivity contribution in [2.45, 2.75) is 25.6 Å². The van der Waals surface area contributed by atoms with Crippen molar-refractivity contribution in [1.29, 1.82) is 0 Å². The maximum Gasteiger partial charge on any atom is 0.163 e. The van der Waals surface area contributed by atoms with Gasteiger partial charge >= 0.3 is 0 Å². The number of hydrogen-bond donors (Lipinski definition) is 1. The summed E-state index contributed by atoms with van der Waals surface area (Å²) >= 11 is 4.21. The van der Waals surface area contributed by atoms with Crippen LogP contribution in [0.3, 0.4) is 0 Å². The second-order valence-electron chi connectivity index (χ2n) is 2.03. The highest BCUT2D eigenvalue weighted by Gasteiger charge is 2.07. The second-order valence-corrected chi connectivity index (χ2v) is 2.80. The summed E-state index contributed by atoms with van der Waals surface area (Å²) in [7, 11) is 0. The molecule has 0 fully saturated rings. The Kier molecular flexibility index (Phi) is 2.26. The predicted molar refractivity (Wildman–Crippen MR) is 40.9 cm³/mol. The highest BCUT2D eigenvalue weighted by molar-refractivity contribution is 7.80. The number of hydrogen-bond acceptors (Lipinski definition) is 4. The van der Waals surface area contributed by atoms with E-state index in [9.17, 15) is 0 Å². The lowest BCUT2D eigenvalue weighted by Gasteiger charge is -2.01. The molecule has 0 aliphatic rings. The average Bonchev–Trinajstić information content (AvgIpc) is 2.33. The molecule has 4 nitrogen and oxygen atoms in total. The number of rotatable bonds is 2. The number of tetrazole rings is 1. The average molecular weight is 158 g/mol. The second kappa shape index (κ2) is 3.01. The highest BCUT2D eigenvalue weighted by atomic mass is 32.1. The summed E-state index contributed by atoms with van der Waals surface area (Å²) in [5.41, 5.74) is 0. The van der Waals surface area contributed by atoms with E-state index in [0.717, 1.165) is 12.4 Å². The van der Waals surface area contributed by atoms with Crippen LogP contribution in [0.4, 0.5) is 0 Å². The molecule has 0 bridgehead atoms. The van der Waals surface area contributed by atoms with Gasteiger partial charge in [0.05, 0.1) is 5.25 Å². The third-order valence-corrected chi connectivity index (χ3v) is 1.46. The molecule has 0 amide bonds. The van der Waals surface area contributed by atoms with Gasteiger partial charge in [-0.25, -0.2) is 4.68 Å². The van der Waals surface area contributed by atoms with Gasteiger partial charge in [-0.3, -0.25) is 0 Å². The van der Waals surface area contributed by atoms with Crippen molar-refractivity contribution in [2.75, 3.05) is 0 Å². The molecule has 5 heteroatoms. The van der Waals surface area contributed by atoms with Crippen molar-refractivity contribution in [3.8, 4) is 0 Å². The minimum atomic E-state index is 0.106. The van der Waals surface area contributed by atoms with E-state index in [1.165, 1.54) is 0 Å². The van der Waals surface area contributed by atoms with Crippen LogP contribution >= 0.6 is 12.6 Å². The summed E-state index contributed by atoms with van der Waals surface area (Å²) in [6, 6.07) is 0. The van der Waals surface area contributed by atoms with Crippen molar-refractivity contribution in [3.63, 3.8) is 0 Å². The van der Waals surface area contributed by atoms with Crippen LogP contribution in [0.2, 0.25) is 0 Å². The summed E-state index contributed by atoms with van der Waals surface area (Å²) in [6.45, 7) is 4.74. The Balaban J connectivity index is 2.90. The number of aromatic nitrogens is 4. The Labute approximate surface area is 65.0 Å². The maximum absolute atomic E-state index is 4.21. The molecule has 1 heterocycles. The summed E-state index contributed by atoms with van der Waals surface area (Å²) in [5.74, 6) is 0.825. The van der Waals surface area contributed by atoms with Gasteiger partial charge < -0.3 is 0 Å². The minimum Gasteiger partial charge on any atom is -0.229 e. The van der Waals surface area contributed by atoms with Gasteiger partial charge in [-0.15, -0.1) is 5.10 Å². The SMILES string of the molecule is CCn1nnnc1C(C)S. The molecule has 0 spiro atoms. The van der Waals surface area contributed by atoms with Crippen LogP contribution in [0.15, 0.2) is 0 Å². The first-order chi connectivity index (χ1) is 4.75. The first-order valence-corrected chi connectivity index (χ1v) is 3.71. The number of thiol groups is 1. The molecule has 0 saturated carbocycles. The minimum absolute atomic E-state index is 0.106. The molecule has 0 saturated heterocycles. The van der Waals surface area contributed by atoms with E-state index in [4.69, 9.17) is 0 Å². The normalized spacial score (nSPS) is 13.5. The summed E-state index contributed by atoms with van der Waals surface area (Å²) in [6.07, 6.45) is 0. The molecule has 0 aliphatic carbocycles. The van der Waals surface area contributed by atoms with Gasteiger partial charge in [0, 0.05) is 6.54 Å². The summed E-state index contributed by atoms with van der Waals surface area (Å²) < 4.78 is 1.73. The van der Waals surface area contributed by atoms with Crippen molar-refractivity contribution in [2.24, 2.45) is 0 Å². The molecule has 10 heavy (non-hydrogen) atoms. The fourth-order valence-corrected chi connectivity index (χ4v) is 0.921. The molecule has 1 atom stereocenters. The smallest absolute Gasteiger partial charge is 0.163 e. The number of nitrogens with zero attached hydrogens (tertiary/aromatic N) is 4. The topological polar surface area (TPSA) is 43.6 Å². The molecular formula is C5H10N4S. The molecule has 0 N–H and O–H groups in total. The van der Waals surface area contributed by atoms with Gasteiger partial charge in [-0.05, 0) is 24.3 Å². The molecule has 56 valence electrons. The van der Waals surface area contributed by atoms with Crippen LogP contribution < -0.4 is 0 Å². The van der Waals surface area contributed by atoms with Gasteiger partial charge in [0.15, 0.2) is 5.82 Å². The highest BCUT2D eigenvalue weighted by Crippen LogP contribution is 2.13. The zero-order valence-electron chi connectivity index (χ0n) is 6.02. The molecule has 1 aromatic rings. The Hall–Kier alpha value is -0.580. The van der Waals surface area contributed by atoms with Crippen LogP contribution in [0.5, 0.6) is 0 Å². The molecule has 0 aromatic carbocycles. The lowest BCUT2D eigenvalue weighted by Crippen LogP contribution is -2.03. The monoisotopic (exact) mass is 158 g/mol. The van der Waals surface area contributed by atoms with Gasteiger partial charge in [-0.2, -0.15) is 12.6 Å². The van der Waals surface area contributed by atoms with Crippen LogP contribution in [0.1, 0.15) is 24.9 Å². The van der Waals surface area contributed by atoms with Crippen LogP contribution in [-0.2, 0) is 6.54 Å². The quantitative estimate of drug-likeness (QED) is 0.644. The van der Waals surface area contributed by atoms with Crippen molar-refractivity contribution >= 4 is 12.6 Å². The van der Waals surface area contributed by atoms with Crippen LogP contribution in [0, 0.1) is 0 Å². The Morgan fingerprint density at radius 1 is 1.70 bits per heavy atom.